The molecule has 3 aromatic rings. The third-order valence-corrected chi connectivity index (χ3v) is 7.55. The first-order valence-corrected chi connectivity index (χ1v) is 13.8. The molecule has 1 aliphatic carbocycles. The van der Waals surface area contributed by atoms with Crippen LogP contribution in [0, 0.1) is 5.92 Å². The topological polar surface area (TPSA) is 26.3 Å². The Morgan fingerprint density at radius 2 is 1.49 bits per heavy atom. The van der Waals surface area contributed by atoms with Crippen molar-refractivity contribution in [3.8, 4) is 0 Å². The van der Waals surface area contributed by atoms with Crippen molar-refractivity contribution in [2.24, 2.45) is 5.92 Å². The Morgan fingerprint density at radius 3 is 2.11 bits per heavy atom. The molecule has 2 heteroatoms. The number of hydrogen-bond donors (Lipinski definition) is 0. The minimum atomic E-state index is -0.201. The third kappa shape index (κ3) is 8.32. The van der Waals surface area contributed by atoms with Gasteiger partial charge in [0.2, 0.25) is 0 Å². The standard InChI is InChI=1S/C35H40O2/c1-3-4-6-9-28-20-24-34(25-21-28)37-35(36)33-22-18-30(19-23-33)13-12-29-14-16-31(17-15-29)26-27(2)32-10-7-5-8-11-32/h3-5,7-8,10-19,22-23,27-28,34H,6,9,20-21,24-26H2,1-2H3/t27-,28?,34?/m0/s1. The summed E-state index contributed by atoms with van der Waals surface area (Å²) in [5.74, 6) is 1.07. The Morgan fingerprint density at radius 1 is 0.865 bits per heavy atom. The number of esters is 1. The first-order valence-electron chi connectivity index (χ1n) is 13.8. The molecule has 1 atom stereocenters. The molecule has 0 bridgehead atoms. The Kier molecular flexibility index (Phi) is 9.94. The molecule has 0 unspecified atom stereocenters. The molecular weight excluding hydrogens is 452 g/mol. The Labute approximate surface area is 223 Å². The lowest BCUT2D eigenvalue weighted by Gasteiger charge is -2.28. The van der Waals surface area contributed by atoms with Gasteiger partial charge in [-0.05, 0) is 98.1 Å². The third-order valence-electron chi connectivity index (χ3n) is 7.55. The van der Waals surface area contributed by atoms with E-state index >= 15 is 0 Å². The smallest absolute Gasteiger partial charge is 0.338 e. The largest absolute Gasteiger partial charge is 0.459 e. The van der Waals surface area contributed by atoms with Crippen LogP contribution in [0.25, 0.3) is 12.2 Å². The van der Waals surface area contributed by atoms with Crippen LogP contribution in [0.15, 0.2) is 91.0 Å². The van der Waals surface area contributed by atoms with Crippen LogP contribution in [0.1, 0.15) is 90.9 Å². The van der Waals surface area contributed by atoms with Crippen LogP contribution in [-0.4, -0.2) is 12.1 Å². The van der Waals surface area contributed by atoms with Crippen LogP contribution in [0.2, 0.25) is 0 Å². The van der Waals surface area contributed by atoms with E-state index in [0.717, 1.165) is 50.0 Å². The molecule has 0 amide bonds. The molecule has 1 saturated carbocycles. The first kappa shape index (κ1) is 26.7. The highest BCUT2D eigenvalue weighted by atomic mass is 16.5. The summed E-state index contributed by atoms with van der Waals surface area (Å²) in [6.07, 6.45) is 16.4. The zero-order valence-corrected chi connectivity index (χ0v) is 22.3. The van der Waals surface area contributed by atoms with Crippen molar-refractivity contribution in [3.05, 3.63) is 119 Å². The van der Waals surface area contributed by atoms with Crippen molar-refractivity contribution >= 4 is 18.1 Å². The number of ether oxygens (including phenoxy) is 1. The maximum Gasteiger partial charge on any atom is 0.338 e. The summed E-state index contributed by atoms with van der Waals surface area (Å²) < 4.78 is 5.82. The fourth-order valence-corrected chi connectivity index (χ4v) is 5.20. The van der Waals surface area contributed by atoms with E-state index in [0.29, 0.717) is 11.5 Å². The predicted molar refractivity (Wildman–Crippen MR) is 156 cm³/mol. The van der Waals surface area contributed by atoms with E-state index < -0.39 is 0 Å². The van der Waals surface area contributed by atoms with Gasteiger partial charge in [0, 0.05) is 0 Å². The van der Waals surface area contributed by atoms with Crippen LogP contribution in [0.4, 0.5) is 0 Å². The molecule has 1 aliphatic rings. The number of carbonyl (C=O) groups excluding carboxylic acids is 1. The minimum Gasteiger partial charge on any atom is -0.459 e. The SMILES string of the molecule is CC=CCCC1CCC(OC(=O)c2ccc(C=Cc3ccc(C[C@H](C)c4ccccc4)cc3)cc2)CC1. The molecule has 0 N–H and O–H groups in total. The molecule has 37 heavy (non-hydrogen) atoms. The highest BCUT2D eigenvalue weighted by Crippen LogP contribution is 2.30. The summed E-state index contributed by atoms with van der Waals surface area (Å²) in [4.78, 5) is 12.6. The van der Waals surface area contributed by atoms with Crippen LogP contribution in [0.5, 0.6) is 0 Å². The van der Waals surface area contributed by atoms with Crippen molar-refractivity contribution in [1.29, 1.82) is 0 Å². The zero-order valence-electron chi connectivity index (χ0n) is 22.3. The molecule has 1 fully saturated rings. The molecule has 4 rings (SSSR count). The van der Waals surface area contributed by atoms with Crippen LogP contribution in [-0.2, 0) is 11.2 Å². The van der Waals surface area contributed by atoms with Crippen molar-refractivity contribution in [1.82, 2.24) is 0 Å². The average Bonchev–Trinajstić information content (AvgIpc) is 2.94. The lowest BCUT2D eigenvalue weighted by atomic mass is 9.84. The second kappa shape index (κ2) is 13.8. The van der Waals surface area contributed by atoms with Gasteiger partial charge in [0.15, 0.2) is 0 Å². The van der Waals surface area contributed by atoms with E-state index in [-0.39, 0.29) is 12.1 Å². The summed E-state index contributed by atoms with van der Waals surface area (Å²) in [6.45, 7) is 4.35. The number of allylic oxidation sites excluding steroid dienone is 2. The highest BCUT2D eigenvalue weighted by Gasteiger charge is 2.24. The van der Waals surface area contributed by atoms with Gasteiger partial charge in [-0.3, -0.25) is 0 Å². The van der Waals surface area contributed by atoms with Gasteiger partial charge in [-0.2, -0.15) is 0 Å². The van der Waals surface area contributed by atoms with Crippen molar-refractivity contribution in [2.45, 2.75) is 70.8 Å². The van der Waals surface area contributed by atoms with Gasteiger partial charge in [-0.25, -0.2) is 4.79 Å². The number of hydrogen-bond acceptors (Lipinski definition) is 2. The fourth-order valence-electron chi connectivity index (χ4n) is 5.20. The molecule has 3 aromatic carbocycles. The van der Waals surface area contributed by atoms with E-state index in [1.807, 2.05) is 24.3 Å². The van der Waals surface area contributed by atoms with Gasteiger partial charge in [0.05, 0.1) is 5.56 Å². The lowest BCUT2D eigenvalue weighted by molar-refractivity contribution is 0.0162. The number of rotatable bonds is 10. The van der Waals surface area contributed by atoms with Gasteiger partial charge in [-0.15, -0.1) is 0 Å². The maximum atomic E-state index is 12.6. The van der Waals surface area contributed by atoms with Gasteiger partial charge >= 0.3 is 5.97 Å². The Balaban J connectivity index is 1.24. The van der Waals surface area contributed by atoms with Gasteiger partial charge in [0.1, 0.15) is 6.10 Å². The molecule has 0 spiro atoms. The summed E-state index contributed by atoms with van der Waals surface area (Å²) in [5, 5.41) is 0. The zero-order chi connectivity index (χ0) is 25.9. The molecule has 0 heterocycles. The predicted octanol–water partition coefficient (Wildman–Crippen LogP) is 9.28. The molecule has 2 nitrogen and oxygen atoms in total. The van der Waals surface area contributed by atoms with Crippen molar-refractivity contribution in [2.75, 3.05) is 0 Å². The molecule has 0 aliphatic heterocycles. The Hall–Kier alpha value is -3.39. The molecule has 0 aromatic heterocycles. The lowest BCUT2D eigenvalue weighted by Crippen LogP contribution is -2.24. The second-order valence-corrected chi connectivity index (χ2v) is 10.4. The van der Waals surface area contributed by atoms with E-state index in [4.69, 9.17) is 4.74 Å². The molecule has 0 radical (unpaired) electrons. The monoisotopic (exact) mass is 492 g/mol. The van der Waals surface area contributed by atoms with Gasteiger partial charge < -0.3 is 4.74 Å². The number of benzene rings is 3. The Bertz CT molecular complexity index is 1150. The van der Waals surface area contributed by atoms with E-state index in [2.05, 4.69) is 92.7 Å². The van der Waals surface area contributed by atoms with Crippen LogP contribution < -0.4 is 0 Å². The normalized spacial score (nSPS) is 18.8. The summed E-state index contributed by atoms with van der Waals surface area (Å²) in [6, 6.07) is 27.2. The van der Waals surface area contributed by atoms with E-state index in [1.165, 1.54) is 23.1 Å². The minimum absolute atomic E-state index is 0.0590. The maximum absolute atomic E-state index is 12.6. The van der Waals surface area contributed by atoms with Gasteiger partial charge in [-0.1, -0.05) is 98.0 Å². The molecule has 0 saturated heterocycles. The average molecular weight is 493 g/mol. The quantitative estimate of drug-likeness (QED) is 0.160. The highest BCUT2D eigenvalue weighted by molar-refractivity contribution is 5.90. The van der Waals surface area contributed by atoms with Gasteiger partial charge in [0.25, 0.3) is 0 Å². The molecular formula is C35H40O2. The number of carbonyl (C=O) groups is 1. The summed E-state index contributed by atoms with van der Waals surface area (Å²) in [7, 11) is 0. The van der Waals surface area contributed by atoms with Crippen LogP contribution in [0.3, 0.4) is 0 Å². The summed E-state index contributed by atoms with van der Waals surface area (Å²) >= 11 is 0. The molecule has 192 valence electrons. The fraction of sp³-hybridized carbons (Fsp3) is 0.343. The van der Waals surface area contributed by atoms with Crippen LogP contribution >= 0.6 is 0 Å². The van der Waals surface area contributed by atoms with E-state index in [1.54, 1.807) is 0 Å². The van der Waals surface area contributed by atoms with Crippen molar-refractivity contribution in [3.63, 3.8) is 0 Å². The van der Waals surface area contributed by atoms with E-state index in [9.17, 15) is 4.79 Å². The first-order chi connectivity index (χ1) is 18.1. The summed E-state index contributed by atoms with van der Waals surface area (Å²) in [5.41, 5.74) is 5.59. The second-order valence-electron chi connectivity index (χ2n) is 10.4. The van der Waals surface area contributed by atoms with Crippen molar-refractivity contribution < 1.29 is 9.53 Å².